The number of carbonyl (C=O) groups is 1. The predicted octanol–water partition coefficient (Wildman–Crippen LogP) is 3.16. The number of aromatic amines is 1. The maximum absolute atomic E-state index is 12.0. The quantitative estimate of drug-likeness (QED) is 0.722. The van der Waals surface area contributed by atoms with Crippen LogP contribution in [0.2, 0.25) is 0 Å². The molecular weight excluding hydrogens is 262 g/mol. The van der Waals surface area contributed by atoms with Gasteiger partial charge in [-0.15, -0.1) is 0 Å². The van der Waals surface area contributed by atoms with E-state index in [1.165, 1.54) is 0 Å². The first-order chi connectivity index (χ1) is 9.92. The summed E-state index contributed by atoms with van der Waals surface area (Å²) in [6, 6.07) is 0.0548. The van der Waals surface area contributed by atoms with Gasteiger partial charge >= 0.3 is 0 Å². The van der Waals surface area contributed by atoms with Crippen molar-refractivity contribution < 1.29 is 4.79 Å². The Morgan fingerprint density at radius 3 is 2.62 bits per heavy atom. The van der Waals surface area contributed by atoms with Crippen molar-refractivity contribution in [2.75, 3.05) is 6.54 Å². The van der Waals surface area contributed by atoms with Crippen LogP contribution in [-0.4, -0.2) is 35.6 Å². The van der Waals surface area contributed by atoms with Crippen molar-refractivity contribution in [2.24, 2.45) is 4.99 Å². The van der Waals surface area contributed by atoms with Crippen molar-refractivity contribution in [1.82, 2.24) is 10.3 Å². The van der Waals surface area contributed by atoms with Crippen molar-refractivity contribution in [1.29, 1.82) is 0 Å². The predicted molar refractivity (Wildman–Crippen MR) is 90.2 cm³/mol. The fourth-order valence-corrected chi connectivity index (χ4v) is 2.49. The molecule has 1 aromatic heterocycles. The molecule has 2 unspecified atom stereocenters. The van der Waals surface area contributed by atoms with E-state index in [9.17, 15) is 4.79 Å². The number of aromatic nitrogens is 1. The lowest BCUT2D eigenvalue weighted by Gasteiger charge is -2.25. The van der Waals surface area contributed by atoms with Gasteiger partial charge in [0.25, 0.3) is 0 Å². The number of carbonyl (C=O) groups excluding carboxylic acids is 1. The van der Waals surface area contributed by atoms with Gasteiger partial charge in [-0.2, -0.15) is 0 Å². The van der Waals surface area contributed by atoms with E-state index in [1.54, 1.807) is 13.0 Å². The molecule has 1 aromatic rings. The molecule has 2 atom stereocenters. The minimum absolute atomic E-state index is 0.0631. The zero-order chi connectivity index (χ0) is 16.0. The Hall–Kier alpha value is -1.68. The minimum atomic E-state index is -0.202. The standard InChI is InChI=1S/C17H27N3O/c1-7-16-15(9-18-8-2)14(10-19-16)12(5)17(13(6)21)20-11(3)4/h7,9-12,17,19-20H,1,8H2,2-6H3. The molecule has 0 aliphatic carbocycles. The second-order valence-electron chi connectivity index (χ2n) is 5.60. The molecule has 116 valence electrons. The minimum Gasteiger partial charge on any atom is -0.361 e. The van der Waals surface area contributed by atoms with Crippen molar-refractivity contribution in [3.8, 4) is 0 Å². The van der Waals surface area contributed by atoms with E-state index in [-0.39, 0.29) is 23.8 Å². The highest BCUT2D eigenvalue weighted by Gasteiger charge is 2.26. The molecule has 0 aliphatic heterocycles. The fourth-order valence-electron chi connectivity index (χ4n) is 2.49. The van der Waals surface area contributed by atoms with Crippen LogP contribution < -0.4 is 5.32 Å². The molecule has 0 aliphatic rings. The van der Waals surface area contributed by atoms with E-state index in [2.05, 4.69) is 42.6 Å². The summed E-state index contributed by atoms with van der Waals surface area (Å²) >= 11 is 0. The first kappa shape index (κ1) is 17.4. The smallest absolute Gasteiger partial charge is 0.147 e. The van der Waals surface area contributed by atoms with Gasteiger partial charge in [-0.05, 0) is 25.5 Å². The van der Waals surface area contributed by atoms with Crippen molar-refractivity contribution in [3.05, 3.63) is 29.6 Å². The molecule has 4 nitrogen and oxygen atoms in total. The summed E-state index contributed by atoms with van der Waals surface area (Å²) in [5.41, 5.74) is 3.06. The topological polar surface area (TPSA) is 57.2 Å². The van der Waals surface area contributed by atoms with Gasteiger partial charge in [-0.1, -0.05) is 27.4 Å². The van der Waals surface area contributed by atoms with Crippen LogP contribution in [0.4, 0.5) is 0 Å². The number of nitrogens with zero attached hydrogens (tertiary/aromatic N) is 1. The molecule has 0 saturated carbocycles. The number of nitrogens with one attached hydrogen (secondary N) is 2. The summed E-state index contributed by atoms with van der Waals surface area (Å²) in [5, 5.41) is 3.35. The second kappa shape index (κ2) is 7.93. The molecule has 0 bridgehead atoms. The van der Waals surface area contributed by atoms with Gasteiger partial charge in [-0.25, -0.2) is 0 Å². The third kappa shape index (κ3) is 4.39. The van der Waals surface area contributed by atoms with Crippen LogP contribution in [0.15, 0.2) is 17.8 Å². The van der Waals surface area contributed by atoms with Gasteiger partial charge in [-0.3, -0.25) is 9.79 Å². The van der Waals surface area contributed by atoms with Crippen molar-refractivity contribution in [2.45, 2.75) is 52.6 Å². The van der Waals surface area contributed by atoms with Crippen molar-refractivity contribution >= 4 is 18.1 Å². The van der Waals surface area contributed by atoms with Crippen LogP contribution in [-0.2, 0) is 4.79 Å². The number of H-pyrrole nitrogens is 1. The van der Waals surface area contributed by atoms with Crippen LogP contribution in [0.25, 0.3) is 6.08 Å². The summed E-state index contributed by atoms with van der Waals surface area (Å²) in [6.07, 6.45) is 5.61. The maximum atomic E-state index is 12.0. The molecule has 0 aromatic carbocycles. The van der Waals surface area contributed by atoms with Crippen LogP contribution in [0.5, 0.6) is 0 Å². The molecule has 2 N–H and O–H groups in total. The normalized spacial score (nSPS) is 14.6. The Kier molecular flexibility index (Phi) is 6.56. The average Bonchev–Trinajstić information content (AvgIpc) is 2.84. The third-order valence-corrected chi connectivity index (χ3v) is 3.53. The highest BCUT2D eigenvalue weighted by atomic mass is 16.1. The maximum Gasteiger partial charge on any atom is 0.147 e. The van der Waals surface area contributed by atoms with Crippen LogP contribution in [0.1, 0.15) is 57.4 Å². The number of aliphatic imine (C=N–C) groups is 1. The van der Waals surface area contributed by atoms with E-state index >= 15 is 0 Å². The highest BCUT2D eigenvalue weighted by Crippen LogP contribution is 2.26. The number of Topliss-reactive ketones (excluding diaryl/α,β-unsaturated/α-hetero) is 1. The van der Waals surface area contributed by atoms with E-state index < -0.39 is 0 Å². The summed E-state index contributed by atoms with van der Waals surface area (Å²) in [5.74, 6) is 0.212. The summed E-state index contributed by atoms with van der Waals surface area (Å²) in [7, 11) is 0. The largest absolute Gasteiger partial charge is 0.361 e. The molecule has 0 saturated heterocycles. The molecule has 1 heterocycles. The molecule has 1 rings (SSSR count). The summed E-state index contributed by atoms with van der Waals surface area (Å²) in [6.45, 7) is 14.4. The number of ketones is 1. The molecule has 0 fully saturated rings. The van der Waals surface area contributed by atoms with Crippen molar-refractivity contribution in [3.63, 3.8) is 0 Å². The molecule has 21 heavy (non-hydrogen) atoms. The second-order valence-corrected chi connectivity index (χ2v) is 5.60. The highest BCUT2D eigenvalue weighted by molar-refractivity contribution is 5.88. The average molecular weight is 289 g/mol. The van der Waals surface area contributed by atoms with E-state index in [1.807, 2.05) is 19.3 Å². The lowest BCUT2D eigenvalue weighted by atomic mass is 9.89. The molecule has 4 heteroatoms. The first-order valence-electron chi connectivity index (χ1n) is 7.52. The van der Waals surface area contributed by atoms with Crippen LogP contribution >= 0.6 is 0 Å². The first-order valence-corrected chi connectivity index (χ1v) is 7.52. The van der Waals surface area contributed by atoms with Gasteiger partial charge in [0.1, 0.15) is 5.78 Å². The number of hydrogen-bond donors (Lipinski definition) is 2. The molecular formula is C17H27N3O. The zero-order valence-corrected chi connectivity index (χ0v) is 13.7. The Labute approximate surface area is 127 Å². The van der Waals surface area contributed by atoms with Gasteiger partial charge in [0.15, 0.2) is 0 Å². The Balaban J connectivity index is 3.17. The fraction of sp³-hybridized carbons (Fsp3) is 0.529. The van der Waals surface area contributed by atoms with Crippen LogP contribution in [0, 0.1) is 0 Å². The van der Waals surface area contributed by atoms with E-state index in [0.29, 0.717) is 0 Å². The number of hydrogen-bond acceptors (Lipinski definition) is 3. The lowest BCUT2D eigenvalue weighted by Crippen LogP contribution is -2.43. The molecule has 0 amide bonds. The van der Waals surface area contributed by atoms with Crippen LogP contribution in [0.3, 0.4) is 0 Å². The summed E-state index contributed by atoms with van der Waals surface area (Å²) in [4.78, 5) is 19.5. The lowest BCUT2D eigenvalue weighted by molar-refractivity contribution is -0.119. The Bertz CT molecular complexity index is 514. The van der Waals surface area contributed by atoms with Gasteiger partial charge in [0.2, 0.25) is 0 Å². The summed E-state index contributed by atoms with van der Waals surface area (Å²) < 4.78 is 0. The number of rotatable bonds is 8. The Morgan fingerprint density at radius 1 is 1.48 bits per heavy atom. The monoisotopic (exact) mass is 289 g/mol. The Morgan fingerprint density at radius 2 is 2.14 bits per heavy atom. The van der Waals surface area contributed by atoms with E-state index in [4.69, 9.17) is 0 Å². The van der Waals surface area contributed by atoms with Gasteiger partial charge in [0, 0.05) is 42.2 Å². The van der Waals surface area contributed by atoms with E-state index in [0.717, 1.165) is 23.4 Å². The molecule has 0 spiro atoms. The third-order valence-electron chi connectivity index (χ3n) is 3.53. The molecule has 0 radical (unpaired) electrons. The van der Waals surface area contributed by atoms with Gasteiger partial charge in [0.05, 0.1) is 6.04 Å². The zero-order valence-electron chi connectivity index (χ0n) is 13.7. The van der Waals surface area contributed by atoms with Gasteiger partial charge < -0.3 is 10.3 Å². The SMILES string of the molecule is C=Cc1[nH]cc(C(C)C(NC(C)C)C(C)=O)c1C=NCC.